The van der Waals surface area contributed by atoms with Crippen molar-refractivity contribution in [3.63, 3.8) is 0 Å². The van der Waals surface area contributed by atoms with Gasteiger partial charge in [-0.25, -0.2) is 9.97 Å². The first-order valence-electron chi connectivity index (χ1n) is 8.90. The number of carbonyl (C=O) groups excluding carboxylic acids is 1. The van der Waals surface area contributed by atoms with Crippen LogP contribution in [0.2, 0.25) is 0 Å². The predicted molar refractivity (Wildman–Crippen MR) is 114 cm³/mol. The zero-order valence-corrected chi connectivity index (χ0v) is 16.8. The summed E-state index contributed by atoms with van der Waals surface area (Å²) < 4.78 is 10.4. The van der Waals surface area contributed by atoms with Crippen LogP contribution in [-0.4, -0.2) is 44.2 Å². The number of hydrogen-bond donors (Lipinski definition) is 2. The van der Waals surface area contributed by atoms with Gasteiger partial charge in [0.05, 0.1) is 32.3 Å². The number of ether oxygens (including phenoxy) is 2. The van der Waals surface area contributed by atoms with E-state index < -0.39 is 0 Å². The molecule has 0 aliphatic carbocycles. The highest BCUT2D eigenvalue weighted by molar-refractivity contribution is 6.03. The summed E-state index contributed by atoms with van der Waals surface area (Å²) in [4.78, 5) is 23.0. The maximum absolute atomic E-state index is 12.5. The molecule has 8 nitrogen and oxygen atoms in total. The van der Waals surface area contributed by atoms with Gasteiger partial charge in [-0.3, -0.25) is 4.79 Å². The lowest BCUT2D eigenvalue weighted by Crippen LogP contribution is -2.15. The van der Waals surface area contributed by atoms with Crippen LogP contribution in [0.3, 0.4) is 0 Å². The average molecular weight is 393 g/mol. The number of nitrogens with zero attached hydrogens (tertiary/aromatic N) is 3. The summed E-state index contributed by atoms with van der Waals surface area (Å²) >= 11 is 0. The quantitative estimate of drug-likeness (QED) is 0.634. The molecule has 0 aliphatic heterocycles. The van der Waals surface area contributed by atoms with E-state index in [4.69, 9.17) is 9.47 Å². The Morgan fingerprint density at radius 3 is 2.31 bits per heavy atom. The van der Waals surface area contributed by atoms with Crippen molar-refractivity contribution in [1.82, 2.24) is 9.97 Å². The van der Waals surface area contributed by atoms with Crippen molar-refractivity contribution < 1.29 is 14.3 Å². The fourth-order valence-electron chi connectivity index (χ4n) is 2.59. The van der Waals surface area contributed by atoms with Gasteiger partial charge in [-0.2, -0.15) is 0 Å². The van der Waals surface area contributed by atoms with Crippen LogP contribution >= 0.6 is 0 Å². The zero-order chi connectivity index (χ0) is 20.8. The van der Waals surface area contributed by atoms with Gasteiger partial charge < -0.3 is 25.0 Å². The Morgan fingerprint density at radius 1 is 0.966 bits per heavy atom. The molecule has 2 N–H and O–H groups in total. The minimum absolute atomic E-state index is 0.191. The van der Waals surface area contributed by atoms with Gasteiger partial charge in [0, 0.05) is 31.5 Å². The molecule has 0 saturated heterocycles. The monoisotopic (exact) mass is 393 g/mol. The normalized spacial score (nSPS) is 10.2. The highest BCUT2D eigenvalue weighted by Gasteiger charge is 2.12. The molecule has 8 heteroatoms. The Bertz CT molecular complexity index is 973. The van der Waals surface area contributed by atoms with Gasteiger partial charge in [-0.15, -0.1) is 0 Å². The second kappa shape index (κ2) is 8.92. The van der Waals surface area contributed by atoms with Crippen LogP contribution in [0, 0.1) is 0 Å². The number of rotatable bonds is 7. The van der Waals surface area contributed by atoms with Gasteiger partial charge in [0.1, 0.15) is 23.0 Å². The molecule has 1 heterocycles. The second-order valence-electron chi connectivity index (χ2n) is 6.37. The molecule has 29 heavy (non-hydrogen) atoms. The lowest BCUT2D eigenvalue weighted by atomic mass is 10.2. The first-order chi connectivity index (χ1) is 14.0. The Labute approximate surface area is 169 Å². The minimum Gasteiger partial charge on any atom is -0.497 e. The Balaban J connectivity index is 1.67. The molecule has 0 bridgehead atoms. The number of hydrogen-bond acceptors (Lipinski definition) is 7. The van der Waals surface area contributed by atoms with E-state index in [1.807, 2.05) is 43.3 Å². The van der Waals surface area contributed by atoms with Gasteiger partial charge in [-0.1, -0.05) is 0 Å². The van der Waals surface area contributed by atoms with Gasteiger partial charge >= 0.3 is 0 Å². The van der Waals surface area contributed by atoms with E-state index in [1.54, 1.807) is 25.3 Å². The molecule has 3 rings (SSSR count). The van der Waals surface area contributed by atoms with Crippen molar-refractivity contribution in [3.05, 3.63) is 60.6 Å². The number of methoxy groups -OCH3 is 2. The number of aromatic nitrogens is 2. The molecule has 0 unspecified atom stereocenters. The Morgan fingerprint density at radius 2 is 1.72 bits per heavy atom. The molecular formula is C21H23N5O3. The summed E-state index contributed by atoms with van der Waals surface area (Å²) in [6.07, 6.45) is 2.93. The predicted octanol–water partition coefficient (Wildman–Crippen LogP) is 3.56. The van der Waals surface area contributed by atoms with Crippen LogP contribution in [-0.2, 0) is 0 Å². The van der Waals surface area contributed by atoms with E-state index in [1.165, 1.54) is 19.5 Å². The van der Waals surface area contributed by atoms with Crippen LogP contribution in [0.25, 0.3) is 0 Å². The van der Waals surface area contributed by atoms with Crippen molar-refractivity contribution in [1.29, 1.82) is 0 Å². The van der Waals surface area contributed by atoms with Gasteiger partial charge in [0.25, 0.3) is 5.91 Å². The third kappa shape index (κ3) is 4.92. The van der Waals surface area contributed by atoms with Gasteiger partial charge in [0.2, 0.25) is 0 Å². The van der Waals surface area contributed by atoms with Crippen LogP contribution in [0.15, 0.2) is 54.9 Å². The fraction of sp³-hybridized carbons (Fsp3) is 0.190. The smallest absolute Gasteiger partial charge is 0.275 e. The summed E-state index contributed by atoms with van der Waals surface area (Å²) in [7, 11) is 7.06. The highest BCUT2D eigenvalue weighted by Crippen LogP contribution is 2.29. The highest BCUT2D eigenvalue weighted by atomic mass is 16.5. The number of anilines is 4. The van der Waals surface area contributed by atoms with E-state index in [-0.39, 0.29) is 11.6 Å². The largest absolute Gasteiger partial charge is 0.497 e. The molecule has 0 radical (unpaired) electrons. The van der Waals surface area contributed by atoms with Crippen LogP contribution < -0.4 is 25.0 Å². The molecule has 0 spiro atoms. The Kier molecular flexibility index (Phi) is 6.13. The first-order valence-corrected chi connectivity index (χ1v) is 8.90. The van der Waals surface area contributed by atoms with Crippen LogP contribution in [0.5, 0.6) is 11.5 Å². The molecule has 1 amide bonds. The van der Waals surface area contributed by atoms with E-state index in [0.29, 0.717) is 23.0 Å². The zero-order valence-electron chi connectivity index (χ0n) is 16.8. The first kappa shape index (κ1) is 19.9. The molecule has 0 fully saturated rings. The van der Waals surface area contributed by atoms with Crippen molar-refractivity contribution in [2.75, 3.05) is 43.8 Å². The van der Waals surface area contributed by atoms with E-state index in [0.717, 1.165) is 11.4 Å². The molecule has 0 aliphatic rings. The maximum Gasteiger partial charge on any atom is 0.275 e. The van der Waals surface area contributed by atoms with Gasteiger partial charge in [0.15, 0.2) is 0 Å². The molecule has 0 saturated carbocycles. The minimum atomic E-state index is -0.386. The Hall–Kier alpha value is -3.81. The maximum atomic E-state index is 12.5. The summed E-state index contributed by atoms with van der Waals surface area (Å²) in [6.45, 7) is 0. The SMILES string of the molecule is COc1ccc(NC(=O)c2cnc(Nc3ccc(N(C)C)cc3)cn2)c(OC)c1. The van der Waals surface area contributed by atoms with Crippen molar-refractivity contribution in [2.45, 2.75) is 0 Å². The van der Waals surface area contributed by atoms with E-state index in [2.05, 4.69) is 20.6 Å². The topological polar surface area (TPSA) is 88.6 Å². The summed E-state index contributed by atoms with van der Waals surface area (Å²) in [5.74, 6) is 1.28. The molecular weight excluding hydrogens is 370 g/mol. The molecule has 150 valence electrons. The second-order valence-corrected chi connectivity index (χ2v) is 6.37. The number of benzene rings is 2. The van der Waals surface area contributed by atoms with Crippen LogP contribution in [0.4, 0.5) is 22.9 Å². The summed E-state index contributed by atoms with van der Waals surface area (Å²) in [5.41, 5.74) is 2.69. The third-order valence-corrected chi connectivity index (χ3v) is 4.20. The average Bonchev–Trinajstić information content (AvgIpc) is 2.74. The summed E-state index contributed by atoms with van der Waals surface area (Å²) in [5, 5.41) is 5.93. The molecule has 2 aromatic carbocycles. The van der Waals surface area contributed by atoms with Crippen molar-refractivity contribution >= 4 is 28.8 Å². The fourth-order valence-corrected chi connectivity index (χ4v) is 2.59. The third-order valence-electron chi connectivity index (χ3n) is 4.20. The molecule has 1 aromatic heterocycles. The number of carbonyl (C=O) groups is 1. The van der Waals surface area contributed by atoms with Crippen molar-refractivity contribution in [2.24, 2.45) is 0 Å². The number of nitrogens with one attached hydrogen (secondary N) is 2. The van der Waals surface area contributed by atoms with Crippen molar-refractivity contribution in [3.8, 4) is 11.5 Å². The number of amides is 1. The summed E-state index contributed by atoms with van der Waals surface area (Å²) in [6, 6.07) is 13.0. The van der Waals surface area contributed by atoms with E-state index >= 15 is 0 Å². The van der Waals surface area contributed by atoms with E-state index in [9.17, 15) is 4.79 Å². The molecule has 3 aromatic rings. The lowest BCUT2D eigenvalue weighted by Gasteiger charge is -2.13. The lowest BCUT2D eigenvalue weighted by molar-refractivity contribution is 0.102. The standard InChI is InChI=1S/C21H23N5O3/c1-26(2)15-7-5-14(6-8-15)24-20-13-22-18(12-23-20)21(27)25-17-10-9-16(28-3)11-19(17)29-4/h5-13H,1-4H3,(H,23,24)(H,25,27). The van der Waals surface area contributed by atoms with Gasteiger partial charge in [-0.05, 0) is 36.4 Å². The molecule has 0 atom stereocenters. The van der Waals surface area contributed by atoms with Crippen LogP contribution in [0.1, 0.15) is 10.5 Å².